The summed E-state index contributed by atoms with van der Waals surface area (Å²) in [6.45, 7) is 14.6. The van der Waals surface area contributed by atoms with Crippen molar-refractivity contribution in [1.29, 1.82) is 0 Å². The lowest BCUT2D eigenvalue weighted by Gasteiger charge is -2.28. The summed E-state index contributed by atoms with van der Waals surface area (Å²) in [4.78, 5) is 24.8. The van der Waals surface area contributed by atoms with Gasteiger partial charge in [0.05, 0.1) is 0 Å². The summed E-state index contributed by atoms with van der Waals surface area (Å²) in [5.41, 5.74) is 5.23. The van der Waals surface area contributed by atoms with E-state index in [0.29, 0.717) is 0 Å². The summed E-state index contributed by atoms with van der Waals surface area (Å²) in [6, 6.07) is 14.4. The van der Waals surface area contributed by atoms with E-state index in [-0.39, 0.29) is 34.2 Å². The van der Waals surface area contributed by atoms with Crippen molar-refractivity contribution in [3.05, 3.63) is 70.3 Å². The average molecular weight is 377 g/mol. The van der Waals surface area contributed by atoms with E-state index in [4.69, 9.17) is 0 Å². The molecule has 0 aliphatic heterocycles. The molecule has 0 spiro atoms. The fourth-order valence-electron chi connectivity index (χ4n) is 4.74. The molecule has 1 unspecified atom stereocenters. The standard InChI is InChI=1S/C26H32O2/c1-16(2)23(27)18-8-11-20(12-9-18)26(7)15-25(5,6)22-14-19(10-13-21(22)26)24(28)17(3)4/h8-14,16-17H,15H2,1-7H3. The predicted molar refractivity (Wildman–Crippen MR) is 115 cm³/mol. The molecule has 0 saturated heterocycles. The van der Waals surface area contributed by atoms with Crippen molar-refractivity contribution in [2.45, 2.75) is 65.7 Å². The highest BCUT2D eigenvalue weighted by molar-refractivity contribution is 5.98. The maximum Gasteiger partial charge on any atom is 0.165 e. The summed E-state index contributed by atoms with van der Waals surface area (Å²) < 4.78 is 0. The lowest BCUT2D eigenvalue weighted by molar-refractivity contribution is 0.0932. The van der Waals surface area contributed by atoms with Crippen molar-refractivity contribution >= 4 is 11.6 Å². The third kappa shape index (κ3) is 3.34. The zero-order valence-corrected chi connectivity index (χ0v) is 18.2. The Balaban J connectivity index is 2.05. The van der Waals surface area contributed by atoms with E-state index in [9.17, 15) is 9.59 Å². The van der Waals surface area contributed by atoms with Crippen LogP contribution < -0.4 is 0 Å². The van der Waals surface area contributed by atoms with Gasteiger partial charge in [0.15, 0.2) is 11.6 Å². The van der Waals surface area contributed by atoms with Gasteiger partial charge in [-0.05, 0) is 34.6 Å². The molecule has 0 heterocycles. The molecule has 0 N–H and O–H groups in total. The zero-order valence-electron chi connectivity index (χ0n) is 18.2. The van der Waals surface area contributed by atoms with Crippen molar-refractivity contribution in [2.75, 3.05) is 0 Å². The molecule has 0 aromatic heterocycles. The summed E-state index contributed by atoms with van der Waals surface area (Å²) in [7, 11) is 0. The fourth-order valence-corrected chi connectivity index (χ4v) is 4.74. The minimum Gasteiger partial charge on any atom is -0.294 e. The Hall–Kier alpha value is -2.22. The molecule has 1 aliphatic rings. The Bertz CT molecular complexity index is 916. The quantitative estimate of drug-likeness (QED) is 0.570. The maximum atomic E-state index is 12.5. The molecule has 0 bridgehead atoms. The third-order valence-electron chi connectivity index (χ3n) is 6.28. The maximum absolute atomic E-state index is 12.5. The molecule has 2 nitrogen and oxygen atoms in total. The second-order valence-corrected chi connectivity index (χ2v) is 9.77. The van der Waals surface area contributed by atoms with Crippen molar-refractivity contribution in [3.8, 4) is 0 Å². The van der Waals surface area contributed by atoms with E-state index in [2.05, 4.69) is 45.0 Å². The van der Waals surface area contributed by atoms with Gasteiger partial charge in [-0.25, -0.2) is 0 Å². The molecule has 148 valence electrons. The first kappa shape index (κ1) is 20.5. The molecule has 0 radical (unpaired) electrons. The molecule has 2 heteroatoms. The van der Waals surface area contributed by atoms with Crippen LogP contribution in [0.2, 0.25) is 0 Å². The predicted octanol–water partition coefficient (Wildman–Crippen LogP) is 6.35. The lowest BCUT2D eigenvalue weighted by atomic mass is 9.75. The number of benzene rings is 2. The lowest BCUT2D eigenvalue weighted by Crippen LogP contribution is -2.23. The number of hydrogen-bond donors (Lipinski definition) is 0. The van der Waals surface area contributed by atoms with Crippen LogP contribution in [0.5, 0.6) is 0 Å². The number of rotatable bonds is 5. The van der Waals surface area contributed by atoms with Gasteiger partial charge >= 0.3 is 0 Å². The number of Topliss-reactive ketones (excluding diaryl/α,β-unsaturated/α-hetero) is 2. The van der Waals surface area contributed by atoms with Crippen LogP contribution in [0.4, 0.5) is 0 Å². The van der Waals surface area contributed by atoms with Crippen LogP contribution in [0, 0.1) is 11.8 Å². The first-order chi connectivity index (χ1) is 13.0. The first-order valence-corrected chi connectivity index (χ1v) is 10.3. The van der Waals surface area contributed by atoms with Crippen molar-refractivity contribution in [1.82, 2.24) is 0 Å². The third-order valence-corrected chi connectivity index (χ3v) is 6.28. The van der Waals surface area contributed by atoms with Crippen LogP contribution in [0.3, 0.4) is 0 Å². The van der Waals surface area contributed by atoms with Gasteiger partial charge in [-0.1, -0.05) is 84.9 Å². The average Bonchev–Trinajstić information content (AvgIpc) is 2.86. The Kier molecular flexibility index (Phi) is 5.12. The number of ketones is 2. The Morgan fingerprint density at radius 3 is 1.79 bits per heavy atom. The second-order valence-electron chi connectivity index (χ2n) is 9.77. The Morgan fingerprint density at radius 1 is 0.750 bits per heavy atom. The molecular weight excluding hydrogens is 344 g/mol. The minimum absolute atomic E-state index is 0.0000115. The molecule has 1 atom stereocenters. The Labute approximate surface area is 169 Å². The molecule has 0 amide bonds. The van der Waals surface area contributed by atoms with Gasteiger partial charge in [0.1, 0.15) is 0 Å². The van der Waals surface area contributed by atoms with E-state index < -0.39 is 0 Å². The second kappa shape index (κ2) is 6.99. The SMILES string of the molecule is CC(C)C(=O)c1ccc(C2(C)CC(C)(C)c3cc(C(=O)C(C)C)ccc32)cc1. The summed E-state index contributed by atoms with van der Waals surface area (Å²) in [5.74, 6) is 0.383. The smallest absolute Gasteiger partial charge is 0.165 e. The van der Waals surface area contributed by atoms with Gasteiger partial charge in [-0.15, -0.1) is 0 Å². The van der Waals surface area contributed by atoms with Crippen LogP contribution in [0.25, 0.3) is 0 Å². The number of carbonyl (C=O) groups excluding carboxylic acids is 2. The molecule has 2 aromatic rings. The van der Waals surface area contributed by atoms with Crippen LogP contribution >= 0.6 is 0 Å². The highest BCUT2D eigenvalue weighted by atomic mass is 16.1. The van der Waals surface area contributed by atoms with Crippen LogP contribution in [0.15, 0.2) is 42.5 Å². The minimum atomic E-state index is -0.127. The van der Waals surface area contributed by atoms with E-state index >= 15 is 0 Å². The van der Waals surface area contributed by atoms with Gasteiger partial charge in [0.2, 0.25) is 0 Å². The van der Waals surface area contributed by atoms with Crippen LogP contribution in [0.1, 0.15) is 92.3 Å². The highest BCUT2D eigenvalue weighted by Gasteiger charge is 2.45. The van der Waals surface area contributed by atoms with Gasteiger partial charge in [0.25, 0.3) is 0 Å². The van der Waals surface area contributed by atoms with Crippen LogP contribution in [-0.2, 0) is 10.8 Å². The molecule has 1 aliphatic carbocycles. The summed E-state index contributed by atoms with van der Waals surface area (Å²) in [5, 5.41) is 0. The van der Waals surface area contributed by atoms with Crippen LogP contribution in [-0.4, -0.2) is 11.6 Å². The molecule has 28 heavy (non-hydrogen) atoms. The van der Waals surface area contributed by atoms with Crippen molar-refractivity contribution < 1.29 is 9.59 Å². The zero-order chi connectivity index (χ0) is 20.9. The Morgan fingerprint density at radius 2 is 1.25 bits per heavy atom. The molecule has 0 saturated carbocycles. The van der Waals surface area contributed by atoms with Crippen molar-refractivity contribution in [3.63, 3.8) is 0 Å². The van der Waals surface area contributed by atoms with E-state index in [1.807, 2.05) is 45.9 Å². The molecule has 2 aromatic carbocycles. The number of fused-ring (bicyclic) bond motifs is 1. The van der Waals surface area contributed by atoms with E-state index in [1.165, 1.54) is 16.7 Å². The molecule has 0 fully saturated rings. The fraction of sp³-hybridized carbons (Fsp3) is 0.462. The topological polar surface area (TPSA) is 34.1 Å². The number of carbonyl (C=O) groups is 2. The summed E-state index contributed by atoms with van der Waals surface area (Å²) >= 11 is 0. The monoisotopic (exact) mass is 376 g/mol. The highest BCUT2D eigenvalue weighted by Crippen LogP contribution is 2.53. The summed E-state index contributed by atoms with van der Waals surface area (Å²) in [6.07, 6.45) is 0.978. The first-order valence-electron chi connectivity index (χ1n) is 10.3. The van der Waals surface area contributed by atoms with Gasteiger partial charge in [0, 0.05) is 28.4 Å². The molecular formula is C26H32O2. The normalized spacial score (nSPS) is 20.5. The largest absolute Gasteiger partial charge is 0.294 e. The van der Waals surface area contributed by atoms with Gasteiger partial charge in [-0.2, -0.15) is 0 Å². The van der Waals surface area contributed by atoms with Gasteiger partial charge in [-0.3, -0.25) is 9.59 Å². The molecule has 3 rings (SSSR count). The van der Waals surface area contributed by atoms with E-state index in [1.54, 1.807) is 0 Å². The van der Waals surface area contributed by atoms with E-state index in [0.717, 1.165) is 17.5 Å². The van der Waals surface area contributed by atoms with Crippen molar-refractivity contribution in [2.24, 2.45) is 11.8 Å². The number of hydrogen-bond acceptors (Lipinski definition) is 2. The van der Waals surface area contributed by atoms with Gasteiger partial charge < -0.3 is 0 Å².